The number of methoxy groups -OCH3 is 1. The Kier molecular flexibility index (Phi) is 9.51. The number of hydrogen-bond acceptors (Lipinski definition) is 5. The molecule has 2 aliphatic rings. The van der Waals surface area contributed by atoms with Crippen LogP contribution in [0.2, 0.25) is 0 Å². The highest BCUT2D eigenvalue weighted by molar-refractivity contribution is 7.89. The van der Waals surface area contributed by atoms with Crippen LogP contribution in [0.1, 0.15) is 18.0 Å². The fourth-order valence-corrected chi connectivity index (χ4v) is 5.35. The number of rotatable bonds is 7. The Bertz CT molecular complexity index is 716. The van der Waals surface area contributed by atoms with Crippen LogP contribution in [0.5, 0.6) is 5.75 Å². The molecule has 2 aliphatic heterocycles. The van der Waals surface area contributed by atoms with Gasteiger partial charge in [-0.25, -0.2) is 12.7 Å². The molecule has 9 heteroatoms. The smallest absolute Gasteiger partial charge is 0.213 e. The second-order valence-electron chi connectivity index (χ2n) is 7.79. The van der Waals surface area contributed by atoms with Gasteiger partial charge in [0.05, 0.1) is 12.9 Å². The molecule has 162 valence electrons. The molecule has 0 aliphatic carbocycles. The topological polar surface area (TPSA) is 53.1 Å². The van der Waals surface area contributed by atoms with Crippen molar-refractivity contribution in [3.8, 4) is 5.75 Å². The molecule has 0 saturated carbocycles. The van der Waals surface area contributed by atoms with Gasteiger partial charge < -0.3 is 9.64 Å². The summed E-state index contributed by atoms with van der Waals surface area (Å²) in [5, 5.41) is 0. The van der Waals surface area contributed by atoms with Gasteiger partial charge in [0.1, 0.15) is 5.75 Å². The average Bonchev–Trinajstić information content (AvgIpc) is 3.10. The number of fused-ring (bicyclic) bond motifs is 1. The van der Waals surface area contributed by atoms with Crippen molar-refractivity contribution in [1.29, 1.82) is 0 Å². The molecule has 0 aromatic heterocycles. The van der Waals surface area contributed by atoms with Crippen molar-refractivity contribution in [2.75, 3.05) is 60.2 Å². The quantitative estimate of drug-likeness (QED) is 0.633. The molecule has 1 aromatic rings. The lowest BCUT2D eigenvalue weighted by Crippen LogP contribution is -2.31. The first-order valence-electron chi connectivity index (χ1n) is 9.28. The van der Waals surface area contributed by atoms with Gasteiger partial charge in [-0.15, -0.1) is 24.8 Å². The number of hydrogen-bond donors (Lipinski definition) is 0. The third kappa shape index (κ3) is 5.52. The van der Waals surface area contributed by atoms with Gasteiger partial charge in [-0.3, -0.25) is 4.90 Å². The summed E-state index contributed by atoms with van der Waals surface area (Å²) in [6.45, 7) is 4.09. The molecule has 0 amide bonds. The summed E-state index contributed by atoms with van der Waals surface area (Å²) in [6.07, 6.45) is 0.697. The van der Waals surface area contributed by atoms with Crippen LogP contribution in [0.25, 0.3) is 0 Å². The van der Waals surface area contributed by atoms with Gasteiger partial charge in [0.15, 0.2) is 0 Å². The first kappa shape index (κ1) is 25.5. The van der Waals surface area contributed by atoms with Crippen molar-refractivity contribution in [1.82, 2.24) is 14.1 Å². The Hall–Kier alpha value is -0.570. The molecule has 1 aromatic carbocycles. The largest absolute Gasteiger partial charge is 0.497 e. The lowest BCUT2D eigenvalue weighted by Gasteiger charge is -2.27. The van der Waals surface area contributed by atoms with Crippen molar-refractivity contribution in [2.24, 2.45) is 11.8 Å². The highest BCUT2D eigenvalue weighted by Crippen LogP contribution is 2.44. The monoisotopic (exact) mass is 453 g/mol. The molecule has 0 bridgehead atoms. The molecular formula is C19H33Cl2N3O3S. The van der Waals surface area contributed by atoms with Crippen molar-refractivity contribution in [3.63, 3.8) is 0 Å². The van der Waals surface area contributed by atoms with E-state index in [2.05, 4.69) is 29.0 Å². The lowest BCUT2D eigenvalue weighted by molar-refractivity contribution is 0.228. The van der Waals surface area contributed by atoms with E-state index in [1.807, 2.05) is 12.1 Å². The first-order chi connectivity index (χ1) is 12.3. The van der Waals surface area contributed by atoms with E-state index in [0.717, 1.165) is 31.9 Å². The average molecular weight is 454 g/mol. The van der Waals surface area contributed by atoms with E-state index in [9.17, 15) is 8.42 Å². The summed E-state index contributed by atoms with van der Waals surface area (Å²) in [4.78, 5) is 4.91. The maximum Gasteiger partial charge on any atom is 0.213 e. The minimum atomic E-state index is -3.09. The van der Waals surface area contributed by atoms with E-state index in [4.69, 9.17) is 4.74 Å². The highest BCUT2D eigenvalue weighted by Gasteiger charge is 2.45. The van der Waals surface area contributed by atoms with Crippen LogP contribution in [0.4, 0.5) is 0 Å². The van der Waals surface area contributed by atoms with E-state index in [1.54, 1.807) is 21.2 Å². The summed E-state index contributed by atoms with van der Waals surface area (Å²) in [7, 11) is 4.02. The molecule has 3 atom stereocenters. The Morgan fingerprint density at radius 1 is 1.11 bits per heavy atom. The van der Waals surface area contributed by atoms with Crippen molar-refractivity contribution < 1.29 is 13.2 Å². The number of halogens is 2. The first-order valence-corrected chi connectivity index (χ1v) is 10.9. The summed E-state index contributed by atoms with van der Waals surface area (Å²) in [5.74, 6) is 2.39. The van der Waals surface area contributed by atoms with Gasteiger partial charge in [0.25, 0.3) is 0 Å². The summed E-state index contributed by atoms with van der Waals surface area (Å²) in [5.41, 5.74) is 1.35. The zero-order chi connectivity index (χ0) is 18.9. The fourth-order valence-electron chi connectivity index (χ4n) is 4.49. The molecule has 6 nitrogen and oxygen atoms in total. The molecular weight excluding hydrogens is 421 g/mol. The van der Waals surface area contributed by atoms with E-state index in [-0.39, 0.29) is 30.6 Å². The molecule has 0 unspecified atom stereocenters. The normalized spacial score (nSPS) is 25.2. The number of likely N-dealkylation sites (tertiary alicyclic amines) is 2. The summed E-state index contributed by atoms with van der Waals surface area (Å²) < 4.78 is 30.4. The standard InChI is InChI=1S/C19H31N3O3S.2ClH/c1-20(2)26(23,24)11-5-10-22-13-16-12-21(3)19(18(16)14-22)15-6-8-17(25-4)9-7-15;;/h6-9,16,18-19H,5,10-14H2,1-4H3;2*1H/t16-,18+,19-;;/m0../s1. The molecule has 2 saturated heterocycles. The number of benzene rings is 1. The Labute approximate surface area is 182 Å². The predicted octanol–water partition coefficient (Wildman–Crippen LogP) is 2.35. The number of nitrogens with zero attached hydrogens (tertiary/aromatic N) is 3. The molecule has 2 heterocycles. The van der Waals surface area contributed by atoms with Crippen molar-refractivity contribution in [2.45, 2.75) is 12.5 Å². The van der Waals surface area contributed by atoms with E-state index < -0.39 is 10.0 Å². The summed E-state index contributed by atoms with van der Waals surface area (Å²) >= 11 is 0. The van der Waals surface area contributed by atoms with Gasteiger partial charge in [-0.05, 0) is 49.5 Å². The molecule has 0 radical (unpaired) electrons. The molecule has 28 heavy (non-hydrogen) atoms. The van der Waals surface area contributed by atoms with Crippen LogP contribution < -0.4 is 4.74 Å². The van der Waals surface area contributed by atoms with Crippen LogP contribution >= 0.6 is 24.8 Å². The SMILES string of the molecule is COc1ccc([C@H]2[C@@H]3CN(CCCS(=O)(=O)N(C)C)C[C@@H]3CN2C)cc1.Cl.Cl. The fraction of sp³-hybridized carbons (Fsp3) is 0.684. The van der Waals surface area contributed by atoms with Crippen LogP contribution in [0, 0.1) is 11.8 Å². The minimum Gasteiger partial charge on any atom is -0.497 e. The van der Waals surface area contributed by atoms with Gasteiger partial charge in [-0.2, -0.15) is 0 Å². The number of ether oxygens (including phenoxy) is 1. The maximum absolute atomic E-state index is 11.9. The van der Waals surface area contributed by atoms with Gasteiger partial charge in [0, 0.05) is 39.8 Å². The molecule has 0 spiro atoms. The molecule has 2 fully saturated rings. The van der Waals surface area contributed by atoms with Crippen LogP contribution in [0.15, 0.2) is 24.3 Å². The second kappa shape index (κ2) is 10.5. The Balaban J connectivity index is 0.00000196. The van der Waals surface area contributed by atoms with Crippen LogP contribution in [-0.2, 0) is 10.0 Å². The van der Waals surface area contributed by atoms with Crippen LogP contribution in [0.3, 0.4) is 0 Å². The third-order valence-electron chi connectivity index (χ3n) is 5.86. The Morgan fingerprint density at radius 3 is 2.32 bits per heavy atom. The van der Waals surface area contributed by atoms with E-state index >= 15 is 0 Å². The van der Waals surface area contributed by atoms with Gasteiger partial charge >= 0.3 is 0 Å². The van der Waals surface area contributed by atoms with E-state index in [1.165, 1.54) is 9.87 Å². The van der Waals surface area contributed by atoms with Gasteiger partial charge in [-0.1, -0.05) is 12.1 Å². The maximum atomic E-state index is 11.9. The van der Waals surface area contributed by atoms with E-state index in [0.29, 0.717) is 24.3 Å². The highest BCUT2D eigenvalue weighted by atomic mass is 35.5. The zero-order valence-electron chi connectivity index (χ0n) is 17.1. The van der Waals surface area contributed by atoms with Crippen molar-refractivity contribution in [3.05, 3.63) is 29.8 Å². The predicted molar refractivity (Wildman–Crippen MR) is 118 cm³/mol. The third-order valence-corrected chi connectivity index (χ3v) is 7.78. The van der Waals surface area contributed by atoms with Crippen LogP contribution in [-0.4, -0.2) is 82.7 Å². The van der Waals surface area contributed by atoms with Gasteiger partial charge in [0.2, 0.25) is 10.0 Å². The number of sulfonamides is 1. The summed E-state index contributed by atoms with van der Waals surface area (Å²) in [6, 6.07) is 8.86. The molecule has 3 rings (SSSR count). The lowest BCUT2D eigenvalue weighted by atomic mass is 9.89. The second-order valence-corrected chi connectivity index (χ2v) is 10.1. The minimum absolute atomic E-state index is 0. The zero-order valence-corrected chi connectivity index (χ0v) is 19.5. The molecule has 0 N–H and O–H groups in total. The Morgan fingerprint density at radius 2 is 1.75 bits per heavy atom. The van der Waals surface area contributed by atoms with Crippen molar-refractivity contribution >= 4 is 34.8 Å².